The Morgan fingerprint density at radius 2 is 1.85 bits per heavy atom. The summed E-state index contributed by atoms with van der Waals surface area (Å²) >= 11 is 0. The highest BCUT2D eigenvalue weighted by Crippen LogP contribution is 2.49. The highest BCUT2D eigenvalue weighted by Gasteiger charge is 2.55. The second kappa shape index (κ2) is 5.66. The SMILES string of the molecule is N#Cc1cc(F)cc(Oc2ccc(C(F)(F)F)c3c2OC(F)(F)C3=O)c1. The molecule has 10 heteroatoms. The molecule has 26 heavy (non-hydrogen) atoms. The fourth-order valence-electron chi connectivity index (χ4n) is 2.34. The van der Waals surface area contributed by atoms with Crippen LogP contribution in [0, 0.1) is 17.1 Å². The first-order valence-corrected chi connectivity index (χ1v) is 6.77. The van der Waals surface area contributed by atoms with Crippen LogP contribution in [0.2, 0.25) is 0 Å². The number of benzene rings is 2. The number of carbonyl (C=O) groups excluding carboxylic acids is 1. The molecule has 0 bridgehead atoms. The Kier molecular flexibility index (Phi) is 3.83. The lowest BCUT2D eigenvalue weighted by Gasteiger charge is -2.13. The van der Waals surface area contributed by atoms with E-state index in [1.807, 2.05) is 0 Å². The average Bonchev–Trinajstić information content (AvgIpc) is 2.77. The van der Waals surface area contributed by atoms with Crippen LogP contribution < -0.4 is 9.47 Å². The average molecular weight is 373 g/mol. The number of ketones is 1. The molecule has 0 radical (unpaired) electrons. The molecule has 1 heterocycles. The predicted molar refractivity (Wildman–Crippen MR) is 72.5 cm³/mol. The fourth-order valence-corrected chi connectivity index (χ4v) is 2.34. The molecular weight excluding hydrogens is 368 g/mol. The van der Waals surface area contributed by atoms with Crippen LogP contribution in [0.3, 0.4) is 0 Å². The van der Waals surface area contributed by atoms with Crippen molar-refractivity contribution in [1.29, 1.82) is 5.26 Å². The monoisotopic (exact) mass is 373 g/mol. The Morgan fingerprint density at radius 3 is 2.46 bits per heavy atom. The molecular formula is C16H5F6NO3. The molecule has 2 aromatic rings. The quantitative estimate of drug-likeness (QED) is 0.718. The summed E-state index contributed by atoms with van der Waals surface area (Å²) in [7, 11) is 0. The number of alkyl halides is 5. The van der Waals surface area contributed by atoms with Gasteiger partial charge in [-0.15, -0.1) is 0 Å². The first kappa shape index (κ1) is 17.6. The van der Waals surface area contributed by atoms with Crippen molar-refractivity contribution < 1.29 is 40.6 Å². The first-order chi connectivity index (χ1) is 12.0. The van der Waals surface area contributed by atoms with Crippen molar-refractivity contribution in [3.05, 3.63) is 52.8 Å². The summed E-state index contributed by atoms with van der Waals surface area (Å²) in [4.78, 5) is 11.6. The van der Waals surface area contributed by atoms with Gasteiger partial charge in [-0.1, -0.05) is 0 Å². The second-order valence-corrected chi connectivity index (χ2v) is 5.15. The lowest BCUT2D eigenvalue weighted by molar-refractivity contribution is -0.137. The van der Waals surface area contributed by atoms with Gasteiger partial charge in [0.15, 0.2) is 11.5 Å². The van der Waals surface area contributed by atoms with Crippen molar-refractivity contribution in [2.45, 2.75) is 12.3 Å². The van der Waals surface area contributed by atoms with E-state index in [4.69, 9.17) is 10.00 Å². The van der Waals surface area contributed by atoms with Gasteiger partial charge in [-0.3, -0.25) is 4.79 Å². The molecule has 1 aliphatic heterocycles. The molecule has 0 atom stereocenters. The van der Waals surface area contributed by atoms with Crippen molar-refractivity contribution in [2.24, 2.45) is 0 Å². The highest BCUT2D eigenvalue weighted by atomic mass is 19.4. The maximum absolute atomic E-state index is 13.5. The van der Waals surface area contributed by atoms with E-state index >= 15 is 0 Å². The smallest absolute Gasteiger partial charge is 0.453 e. The standard InChI is InChI=1S/C16H5F6NO3/c17-8-3-7(6-23)4-9(5-8)25-11-2-1-10(15(18,19)20)12-13(11)26-16(21,22)14(12)24/h1-5H. The normalized spacial score (nSPS) is 15.2. The zero-order valence-electron chi connectivity index (χ0n) is 12.3. The van der Waals surface area contributed by atoms with Gasteiger partial charge < -0.3 is 9.47 Å². The van der Waals surface area contributed by atoms with E-state index < -0.39 is 46.5 Å². The Hall–Kier alpha value is -3.22. The number of rotatable bonds is 2. The van der Waals surface area contributed by atoms with Crippen molar-refractivity contribution in [2.75, 3.05) is 0 Å². The van der Waals surface area contributed by atoms with Crippen LogP contribution >= 0.6 is 0 Å². The Bertz CT molecular complexity index is 962. The predicted octanol–water partition coefficient (Wildman–Crippen LogP) is 4.68. The third-order valence-electron chi connectivity index (χ3n) is 3.38. The number of nitrogens with zero attached hydrogens (tertiary/aromatic N) is 1. The van der Waals surface area contributed by atoms with Crippen molar-refractivity contribution >= 4 is 5.78 Å². The van der Waals surface area contributed by atoms with Gasteiger partial charge in [-0.05, 0) is 24.3 Å². The number of ether oxygens (including phenoxy) is 2. The van der Waals surface area contributed by atoms with Crippen LogP contribution in [0.5, 0.6) is 17.2 Å². The Morgan fingerprint density at radius 1 is 1.15 bits per heavy atom. The fraction of sp³-hybridized carbons (Fsp3) is 0.125. The zero-order chi connectivity index (χ0) is 19.3. The highest BCUT2D eigenvalue weighted by molar-refractivity contribution is 6.07. The van der Waals surface area contributed by atoms with Crippen LogP contribution in [-0.2, 0) is 6.18 Å². The minimum atomic E-state index is -5.09. The Balaban J connectivity index is 2.13. The van der Waals surface area contributed by atoms with Gasteiger partial charge in [0, 0.05) is 6.07 Å². The van der Waals surface area contributed by atoms with Crippen LogP contribution in [0.4, 0.5) is 26.3 Å². The van der Waals surface area contributed by atoms with Gasteiger partial charge in [0.05, 0.1) is 22.8 Å². The maximum Gasteiger partial charge on any atom is 0.466 e. The molecule has 0 saturated heterocycles. The van der Waals surface area contributed by atoms with Gasteiger partial charge in [-0.2, -0.15) is 27.2 Å². The molecule has 0 unspecified atom stereocenters. The lowest BCUT2D eigenvalue weighted by Crippen LogP contribution is -2.29. The van der Waals surface area contributed by atoms with E-state index in [1.165, 1.54) is 0 Å². The van der Waals surface area contributed by atoms with E-state index in [0.717, 1.165) is 18.2 Å². The van der Waals surface area contributed by atoms with E-state index in [1.54, 1.807) is 6.07 Å². The van der Waals surface area contributed by atoms with Gasteiger partial charge in [-0.25, -0.2) is 4.39 Å². The minimum Gasteiger partial charge on any atom is -0.453 e. The molecule has 0 spiro atoms. The third kappa shape index (κ3) is 2.92. The summed E-state index contributed by atoms with van der Waals surface area (Å²) in [5, 5.41) is 8.77. The molecule has 0 aliphatic carbocycles. The van der Waals surface area contributed by atoms with Gasteiger partial charge in [0.2, 0.25) is 0 Å². The lowest BCUT2D eigenvalue weighted by atomic mass is 10.0. The number of carbonyl (C=O) groups is 1. The largest absolute Gasteiger partial charge is 0.466 e. The van der Waals surface area contributed by atoms with Crippen molar-refractivity contribution in [3.8, 4) is 23.3 Å². The minimum absolute atomic E-state index is 0.175. The summed E-state index contributed by atoms with van der Waals surface area (Å²) in [5.41, 5.74) is -3.17. The third-order valence-corrected chi connectivity index (χ3v) is 3.38. The molecule has 0 saturated carbocycles. The molecule has 4 nitrogen and oxygen atoms in total. The number of Topliss-reactive ketones (excluding diaryl/α,β-unsaturated/α-hetero) is 1. The Labute approximate surface area is 141 Å². The summed E-state index contributed by atoms with van der Waals surface area (Å²) in [6.07, 6.45) is -9.59. The van der Waals surface area contributed by atoms with E-state index in [9.17, 15) is 31.1 Å². The number of hydrogen-bond donors (Lipinski definition) is 0. The molecule has 2 aromatic carbocycles. The van der Waals surface area contributed by atoms with Crippen LogP contribution in [0.1, 0.15) is 21.5 Å². The van der Waals surface area contributed by atoms with E-state index in [-0.39, 0.29) is 11.3 Å². The maximum atomic E-state index is 13.5. The molecule has 0 aromatic heterocycles. The molecule has 0 fully saturated rings. The number of fused-ring (bicyclic) bond motifs is 1. The summed E-state index contributed by atoms with van der Waals surface area (Å²) in [5.74, 6) is -5.19. The molecule has 1 aliphatic rings. The van der Waals surface area contributed by atoms with E-state index in [0.29, 0.717) is 12.1 Å². The summed E-state index contributed by atoms with van der Waals surface area (Å²) in [6, 6.07) is 5.32. The van der Waals surface area contributed by atoms with Crippen LogP contribution in [-0.4, -0.2) is 11.9 Å². The molecule has 3 rings (SSSR count). The summed E-state index contributed by atoms with van der Waals surface area (Å²) in [6.45, 7) is 0. The number of hydrogen-bond acceptors (Lipinski definition) is 4. The summed E-state index contributed by atoms with van der Waals surface area (Å²) < 4.78 is 88.6. The molecule has 0 N–H and O–H groups in total. The second-order valence-electron chi connectivity index (χ2n) is 5.15. The van der Waals surface area contributed by atoms with Crippen LogP contribution in [0.25, 0.3) is 0 Å². The van der Waals surface area contributed by atoms with E-state index in [2.05, 4.69) is 4.74 Å². The zero-order valence-corrected chi connectivity index (χ0v) is 12.3. The van der Waals surface area contributed by atoms with Gasteiger partial charge in [0.1, 0.15) is 11.6 Å². The van der Waals surface area contributed by atoms with Gasteiger partial charge >= 0.3 is 12.3 Å². The first-order valence-electron chi connectivity index (χ1n) is 6.77. The van der Waals surface area contributed by atoms with Gasteiger partial charge in [0.25, 0.3) is 5.78 Å². The molecule has 134 valence electrons. The van der Waals surface area contributed by atoms with Crippen molar-refractivity contribution in [1.82, 2.24) is 0 Å². The molecule has 0 amide bonds. The van der Waals surface area contributed by atoms with Crippen LogP contribution in [0.15, 0.2) is 30.3 Å². The number of halogens is 6. The van der Waals surface area contributed by atoms with Crippen molar-refractivity contribution in [3.63, 3.8) is 0 Å². The number of nitriles is 1. The topological polar surface area (TPSA) is 59.3 Å².